The van der Waals surface area contributed by atoms with Crippen molar-refractivity contribution in [2.24, 2.45) is 5.16 Å². The van der Waals surface area contributed by atoms with Crippen LogP contribution in [-0.2, 0) is 9.63 Å². The molecule has 0 bridgehead atoms. The second-order valence-electron chi connectivity index (χ2n) is 4.32. The minimum absolute atomic E-state index is 0.254. The highest BCUT2D eigenvalue weighted by atomic mass is 32.1. The fraction of sp³-hybridized carbons (Fsp3) is 0.231. The monoisotopic (exact) mass is 288 g/mol. The Kier molecular flexibility index (Phi) is 3.42. The van der Waals surface area contributed by atoms with Crippen LogP contribution in [0.3, 0.4) is 0 Å². The van der Waals surface area contributed by atoms with Crippen LogP contribution in [-0.4, -0.2) is 27.9 Å². The standard InChI is InChI=1S/C13H12N4O2S/c1-8-15-16-13(20-8)14-12(18)11-7-10(17-19-11)9-5-3-2-4-6-9/h2-6,11H,7H2,1H3,(H,14,16,18)/t11-/m1/s1. The summed E-state index contributed by atoms with van der Waals surface area (Å²) < 4.78 is 0. The van der Waals surface area contributed by atoms with Crippen LogP contribution in [0.1, 0.15) is 17.0 Å². The van der Waals surface area contributed by atoms with Crippen molar-refractivity contribution in [2.45, 2.75) is 19.4 Å². The lowest BCUT2D eigenvalue weighted by atomic mass is 10.1. The normalized spacial score (nSPS) is 17.4. The van der Waals surface area contributed by atoms with E-state index in [1.165, 1.54) is 11.3 Å². The molecule has 2 aromatic rings. The fourth-order valence-electron chi connectivity index (χ4n) is 1.85. The highest BCUT2D eigenvalue weighted by Crippen LogP contribution is 2.19. The molecule has 20 heavy (non-hydrogen) atoms. The number of benzene rings is 1. The van der Waals surface area contributed by atoms with Crippen molar-refractivity contribution in [3.05, 3.63) is 40.9 Å². The van der Waals surface area contributed by atoms with Crippen molar-refractivity contribution in [1.29, 1.82) is 0 Å². The third-order valence-corrected chi connectivity index (χ3v) is 3.58. The van der Waals surface area contributed by atoms with Crippen LogP contribution in [0.4, 0.5) is 5.13 Å². The maximum atomic E-state index is 12.0. The SMILES string of the molecule is Cc1nnc(NC(=O)[C@H]2CC(c3ccccc3)=NO2)s1. The van der Waals surface area contributed by atoms with Crippen molar-refractivity contribution >= 4 is 28.1 Å². The van der Waals surface area contributed by atoms with Gasteiger partial charge in [0.05, 0.1) is 5.71 Å². The zero-order valence-corrected chi connectivity index (χ0v) is 11.6. The number of hydrogen-bond acceptors (Lipinski definition) is 6. The second-order valence-corrected chi connectivity index (χ2v) is 5.50. The minimum Gasteiger partial charge on any atom is -0.382 e. The van der Waals surface area contributed by atoms with Gasteiger partial charge in [0.1, 0.15) is 5.01 Å². The highest BCUT2D eigenvalue weighted by molar-refractivity contribution is 7.15. The average molecular weight is 288 g/mol. The number of anilines is 1. The Hall–Kier alpha value is -2.28. The summed E-state index contributed by atoms with van der Waals surface area (Å²) in [7, 11) is 0. The van der Waals surface area contributed by atoms with Crippen LogP contribution in [0.5, 0.6) is 0 Å². The number of nitrogens with one attached hydrogen (secondary N) is 1. The number of aromatic nitrogens is 2. The van der Waals surface area contributed by atoms with Gasteiger partial charge in [0.25, 0.3) is 5.91 Å². The van der Waals surface area contributed by atoms with E-state index in [-0.39, 0.29) is 5.91 Å². The zero-order chi connectivity index (χ0) is 13.9. The highest BCUT2D eigenvalue weighted by Gasteiger charge is 2.29. The summed E-state index contributed by atoms with van der Waals surface area (Å²) in [6.45, 7) is 1.83. The van der Waals surface area contributed by atoms with Gasteiger partial charge in [0.15, 0.2) is 0 Å². The van der Waals surface area contributed by atoms with E-state index in [0.29, 0.717) is 11.6 Å². The van der Waals surface area contributed by atoms with Gasteiger partial charge in [-0.15, -0.1) is 10.2 Å². The van der Waals surface area contributed by atoms with Crippen LogP contribution in [0.2, 0.25) is 0 Å². The number of hydrogen-bond donors (Lipinski definition) is 1. The summed E-state index contributed by atoms with van der Waals surface area (Å²) in [5.74, 6) is -0.254. The Morgan fingerprint density at radius 2 is 2.15 bits per heavy atom. The number of oxime groups is 1. The van der Waals surface area contributed by atoms with E-state index in [1.54, 1.807) is 0 Å². The molecule has 1 aromatic carbocycles. The fourth-order valence-corrected chi connectivity index (χ4v) is 2.45. The molecule has 0 saturated heterocycles. The third kappa shape index (κ3) is 2.67. The lowest BCUT2D eigenvalue weighted by molar-refractivity contribution is -0.125. The van der Waals surface area contributed by atoms with E-state index in [4.69, 9.17) is 4.84 Å². The minimum atomic E-state index is -0.616. The molecule has 1 N–H and O–H groups in total. The molecule has 0 fully saturated rings. The number of carbonyl (C=O) groups is 1. The van der Waals surface area contributed by atoms with Crippen LogP contribution < -0.4 is 5.32 Å². The number of aryl methyl sites for hydroxylation is 1. The van der Waals surface area contributed by atoms with Crippen molar-refractivity contribution in [2.75, 3.05) is 5.32 Å². The Balaban J connectivity index is 1.62. The Bertz CT molecular complexity index is 653. The summed E-state index contributed by atoms with van der Waals surface area (Å²) in [5.41, 5.74) is 1.74. The summed E-state index contributed by atoms with van der Waals surface area (Å²) >= 11 is 1.32. The van der Waals surface area contributed by atoms with Gasteiger partial charge in [-0.1, -0.05) is 46.8 Å². The predicted molar refractivity (Wildman–Crippen MR) is 75.7 cm³/mol. The molecule has 1 aliphatic rings. The molecule has 1 atom stereocenters. The molecule has 7 heteroatoms. The number of carbonyl (C=O) groups excluding carboxylic acids is 1. The van der Waals surface area contributed by atoms with Crippen LogP contribution in [0.15, 0.2) is 35.5 Å². The van der Waals surface area contributed by atoms with Gasteiger partial charge in [-0.25, -0.2) is 0 Å². The van der Waals surface area contributed by atoms with Gasteiger partial charge in [-0.2, -0.15) is 0 Å². The summed E-state index contributed by atoms with van der Waals surface area (Å²) in [5, 5.41) is 15.6. The number of amides is 1. The molecular weight excluding hydrogens is 276 g/mol. The van der Waals surface area contributed by atoms with Crippen molar-refractivity contribution < 1.29 is 9.63 Å². The van der Waals surface area contributed by atoms with Crippen molar-refractivity contribution in [1.82, 2.24) is 10.2 Å². The largest absolute Gasteiger partial charge is 0.382 e. The molecule has 0 radical (unpaired) electrons. The molecule has 1 aliphatic heterocycles. The Morgan fingerprint density at radius 1 is 1.35 bits per heavy atom. The van der Waals surface area contributed by atoms with E-state index in [0.717, 1.165) is 16.3 Å². The smallest absolute Gasteiger partial charge is 0.270 e. The molecule has 2 heterocycles. The summed E-state index contributed by atoms with van der Waals surface area (Å²) in [6.07, 6.45) is -0.164. The van der Waals surface area contributed by atoms with E-state index >= 15 is 0 Å². The first-order valence-electron chi connectivity index (χ1n) is 6.11. The van der Waals surface area contributed by atoms with Gasteiger partial charge in [0.2, 0.25) is 11.2 Å². The maximum absolute atomic E-state index is 12.0. The summed E-state index contributed by atoms with van der Waals surface area (Å²) in [6, 6.07) is 9.67. The predicted octanol–water partition coefficient (Wildman–Crippen LogP) is 1.98. The molecule has 0 aliphatic carbocycles. The molecule has 0 unspecified atom stereocenters. The van der Waals surface area contributed by atoms with Crippen molar-refractivity contribution in [3.63, 3.8) is 0 Å². The molecule has 0 spiro atoms. The van der Waals surface area contributed by atoms with Gasteiger partial charge >= 0.3 is 0 Å². The Labute approximate surface area is 119 Å². The van der Waals surface area contributed by atoms with Crippen LogP contribution >= 0.6 is 11.3 Å². The summed E-state index contributed by atoms with van der Waals surface area (Å²) in [4.78, 5) is 17.2. The van der Waals surface area contributed by atoms with E-state index in [9.17, 15) is 4.79 Å². The van der Waals surface area contributed by atoms with E-state index in [1.807, 2.05) is 37.3 Å². The molecule has 1 aromatic heterocycles. The first kappa shape index (κ1) is 12.7. The first-order chi connectivity index (χ1) is 9.72. The molecule has 3 rings (SSSR count). The van der Waals surface area contributed by atoms with E-state index < -0.39 is 6.10 Å². The van der Waals surface area contributed by atoms with Crippen molar-refractivity contribution in [3.8, 4) is 0 Å². The lowest BCUT2D eigenvalue weighted by Gasteiger charge is -2.06. The van der Waals surface area contributed by atoms with Crippen LogP contribution in [0.25, 0.3) is 0 Å². The van der Waals surface area contributed by atoms with Gasteiger partial charge < -0.3 is 4.84 Å². The Morgan fingerprint density at radius 3 is 2.85 bits per heavy atom. The molecule has 0 saturated carbocycles. The van der Waals surface area contributed by atoms with E-state index in [2.05, 4.69) is 20.7 Å². The average Bonchev–Trinajstić information content (AvgIpc) is 3.09. The van der Waals surface area contributed by atoms with Gasteiger partial charge in [-0.05, 0) is 12.5 Å². The molecule has 1 amide bonds. The second kappa shape index (κ2) is 5.38. The first-order valence-corrected chi connectivity index (χ1v) is 6.93. The lowest BCUT2D eigenvalue weighted by Crippen LogP contribution is -2.28. The zero-order valence-electron chi connectivity index (χ0n) is 10.7. The number of nitrogens with zero attached hydrogens (tertiary/aromatic N) is 3. The third-order valence-electron chi connectivity index (χ3n) is 2.82. The quantitative estimate of drug-likeness (QED) is 0.937. The molecular formula is C13H12N4O2S. The number of rotatable bonds is 3. The van der Waals surface area contributed by atoms with Crippen LogP contribution in [0, 0.1) is 6.92 Å². The molecule has 6 nitrogen and oxygen atoms in total. The van der Waals surface area contributed by atoms with Gasteiger partial charge in [0, 0.05) is 6.42 Å². The molecule has 102 valence electrons. The maximum Gasteiger partial charge on any atom is 0.270 e. The topological polar surface area (TPSA) is 76.5 Å². The van der Waals surface area contributed by atoms with Gasteiger partial charge in [-0.3, -0.25) is 10.1 Å².